The maximum atomic E-state index is 13.1. The molecule has 0 aliphatic carbocycles. The van der Waals surface area contributed by atoms with Gasteiger partial charge < -0.3 is 18.8 Å². The molecule has 2 aromatic heterocycles. The summed E-state index contributed by atoms with van der Waals surface area (Å²) in [5.41, 5.74) is 1.73. The number of hydrogen-bond acceptors (Lipinski definition) is 7. The maximum absolute atomic E-state index is 13.1. The molecule has 1 amide bonds. The van der Waals surface area contributed by atoms with Crippen molar-refractivity contribution in [2.45, 2.75) is 19.6 Å². The summed E-state index contributed by atoms with van der Waals surface area (Å²) in [4.78, 5) is 16.1. The Balaban J connectivity index is 1.50. The number of rotatable bonds is 9. The summed E-state index contributed by atoms with van der Waals surface area (Å²) in [6.45, 7) is 0.739. The quantitative estimate of drug-likeness (QED) is 0.400. The molecule has 0 spiro atoms. The molecule has 2 heterocycles. The van der Waals surface area contributed by atoms with Crippen LogP contribution in [0.3, 0.4) is 0 Å². The second kappa shape index (κ2) is 9.78. The minimum Gasteiger partial charge on any atom is -0.493 e. The van der Waals surface area contributed by atoms with E-state index in [1.54, 1.807) is 43.6 Å². The van der Waals surface area contributed by atoms with Crippen molar-refractivity contribution in [1.82, 2.24) is 25.1 Å². The molecule has 4 rings (SSSR count). The summed E-state index contributed by atoms with van der Waals surface area (Å²) in [7, 11) is 3.13. The van der Waals surface area contributed by atoms with Gasteiger partial charge in [-0.15, -0.1) is 10.2 Å². The number of carbonyl (C=O) groups is 1. The molecule has 0 bridgehead atoms. The number of benzene rings is 2. The molecule has 0 unspecified atom stereocenters. The molecular weight excluding hydrogens is 410 g/mol. The van der Waals surface area contributed by atoms with E-state index in [0.717, 1.165) is 5.56 Å². The fourth-order valence-electron chi connectivity index (χ4n) is 3.25. The van der Waals surface area contributed by atoms with Crippen LogP contribution >= 0.6 is 0 Å². The number of hydrogen-bond donors (Lipinski definition) is 0. The van der Waals surface area contributed by atoms with Gasteiger partial charge in [0.25, 0.3) is 0 Å². The fourth-order valence-corrected chi connectivity index (χ4v) is 3.25. The van der Waals surface area contributed by atoms with Gasteiger partial charge in [0, 0.05) is 12.1 Å². The highest BCUT2D eigenvalue weighted by Gasteiger charge is 2.19. The SMILES string of the molecule is COc1ccc(-c2nnn(CC(=O)N(Cc3ccccc3)Cc3ccco3)n2)cc1OC. The number of furan rings is 1. The van der Waals surface area contributed by atoms with Crippen LogP contribution in [-0.2, 0) is 24.4 Å². The summed E-state index contributed by atoms with van der Waals surface area (Å²) in [6.07, 6.45) is 1.59. The molecule has 9 nitrogen and oxygen atoms in total. The first-order chi connectivity index (χ1) is 15.7. The first kappa shape index (κ1) is 21.1. The molecule has 32 heavy (non-hydrogen) atoms. The number of carbonyl (C=O) groups excluding carboxylic acids is 1. The van der Waals surface area contributed by atoms with Gasteiger partial charge in [-0.05, 0) is 41.1 Å². The summed E-state index contributed by atoms with van der Waals surface area (Å²) in [5, 5.41) is 12.5. The average molecular weight is 433 g/mol. The standard InChI is InChI=1S/C23H23N5O4/c1-30-20-11-10-18(13-21(20)31-2)23-24-26-28(25-23)16-22(29)27(15-19-9-6-12-32-19)14-17-7-4-3-5-8-17/h3-13H,14-16H2,1-2H3. The predicted molar refractivity (Wildman–Crippen MR) is 116 cm³/mol. The molecule has 2 aromatic carbocycles. The van der Waals surface area contributed by atoms with Gasteiger partial charge in [0.15, 0.2) is 11.5 Å². The van der Waals surface area contributed by atoms with E-state index in [9.17, 15) is 4.79 Å². The van der Waals surface area contributed by atoms with Crippen LogP contribution in [0.5, 0.6) is 11.5 Å². The van der Waals surface area contributed by atoms with E-state index >= 15 is 0 Å². The first-order valence-electron chi connectivity index (χ1n) is 10.0. The van der Waals surface area contributed by atoms with E-state index < -0.39 is 0 Å². The average Bonchev–Trinajstić information content (AvgIpc) is 3.51. The Bertz CT molecular complexity index is 1160. The van der Waals surface area contributed by atoms with Gasteiger partial charge in [-0.25, -0.2) is 0 Å². The molecule has 0 radical (unpaired) electrons. The molecule has 0 aliphatic heterocycles. The predicted octanol–water partition coefficient (Wildman–Crippen LogP) is 3.18. The Hall–Kier alpha value is -4.14. The third-order valence-corrected chi connectivity index (χ3v) is 4.87. The molecule has 164 valence electrons. The molecule has 4 aromatic rings. The third-order valence-electron chi connectivity index (χ3n) is 4.87. The molecule has 0 atom stereocenters. The van der Waals surface area contributed by atoms with Crippen molar-refractivity contribution >= 4 is 5.91 Å². The molecule has 9 heteroatoms. The summed E-state index contributed by atoms with van der Waals surface area (Å²) in [5.74, 6) is 2.10. The van der Waals surface area contributed by atoms with E-state index in [2.05, 4.69) is 15.4 Å². The zero-order chi connectivity index (χ0) is 22.3. The summed E-state index contributed by atoms with van der Waals surface area (Å²) in [6, 6.07) is 18.8. The molecule has 0 saturated heterocycles. The number of amides is 1. The van der Waals surface area contributed by atoms with Crippen molar-refractivity contribution < 1.29 is 18.7 Å². The van der Waals surface area contributed by atoms with Crippen molar-refractivity contribution in [2.24, 2.45) is 0 Å². The van der Waals surface area contributed by atoms with Crippen molar-refractivity contribution in [3.63, 3.8) is 0 Å². The van der Waals surface area contributed by atoms with Gasteiger partial charge in [-0.3, -0.25) is 4.79 Å². The smallest absolute Gasteiger partial charge is 0.246 e. The van der Waals surface area contributed by atoms with Gasteiger partial charge in [-0.1, -0.05) is 30.3 Å². The second-order valence-electron chi connectivity index (χ2n) is 7.03. The van der Waals surface area contributed by atoms with Crippen LogP contribution in [0.1, 0.15) is 11.3 Å². The van der Waals surface area contributed by atoms with E-state index in [0.29, 0.717) is 41.7 Å². The van der Waals surface area contributed by atoms with Gasteiger partial charge in [-0.2, -0.15) is 4.80 Å². The summed E-state index contributed by atoms with van der Waals surface area (Å²) < 4.78 is 16.0. The minimum absolute atomic E-state index is 0.0478. The van der Waals surface area contributed by atoms with Crippen molar-refractivity contribution in [2.75, 3.05) is 14.2 Å². The number of tetrazole rings is 1. The van der Waals surface area contributed by atoms with Crippen molar-refractivity contribution in [1.29, 1.82) is 0 Å². The number of methoxy groups -OCH3 is 2. The Morgan fingerprint density at radius 1 is 1.00 bits per heavy atom. The Morgan fingerprint density at radius 3 is 2.53 bits per heavy atom. The van der Waals surface area contributed by atoms with Gasteiger partial charge >= 0.3 is 0 Å². The second-order valence-corrected chi connectivity index (χ2v) is 7.03. The lowest BCUT2D eigenvalue weighted by Gasteiger charge is -2.21. The molecule has 0 saturated carbocycles. The number of nitrogens with zero attached hydrogens (tertiary/aromatic N) is 5. The normalized spacial score (nSPS) is 10.7. The van der Waals surface area contributed by atoms with Crippen LogP contribution in [0.15, 0.2) is 71.3 Å². The summed E-state index contributed by atoms with van der Waals surface area (Å²) >= 11 is 0. The van der Waals surface area contributed by atoms with Crippen LogP contribution in [0.25, 0.3) is 11.4 Å². The number of aromatic nitrogens is 4. The molecule has 0 aliphatic rings. The van der Waals surface area contributed by atoms with E-state index in [-0.39, 0.29) is 12.5 Å². The van der Waals surface area contributed by atoms with Crippen LogP contribution in [0, 0.1) is 0 Å². The Kier molecular flexibility index (Phi) is 6.45. The van der Waals surface area contributed by atoms with Crippen molar-refractivity contribution in [3.8, 4) is 22.9 Å². The van der Waals surface area contributed by atoms with E-state index in [4.69, 9.17) is 13.9 Å². The maximum Gasteiger partial charge on any atom is 0.246 e. The molecular formula is C23H23N5O4. The van der Waals surface area contributed by atoms with E-state index in [1.807, 2.05) is 42.5 Å². The topological polar surface area (TPSA) is 95.5 Å². The zero-order valence-electron chi connectivity index (χ0n) is 17.8. The highest BCUT2D eigenvalue weighted by molar-refractivity contribution is 5.75. The Morgan fingerprint density at radius 2 is 1.81 bits per heavy atom. The third kappa shape index (κ3) is 4.94. The monoisotopic (exact) mass is 433 g/mol. The lowest BCUT2D eigenvalue weighted by atomic mass is 10.2. The van der Waals surface area contributed by atoms with Gasteiger partial charge in [0.1, 0.15) is 12.3 Å². The van der Waals surface area contributed by atoms with Crippen molar-refractivity contribution in [3.05, 3.63) is 78.3 Å². The van der Waals surface area contributed by atoms with Crippen LogP contribution in [0.4, 0.5) is 0 Å². The largest absolute Gasteiger partial charge is 0.493 e. The van der Waals surface area contributed by atoms with Crippen LogP contribution in [-0.4, -0.2) is 45.2 Å². The van der Waals surface area contributed by atoms with E-state index in [1.165, 1.54) is 4.80 Å². The Labute approximate surface area is 185 Å². The fraction of sp³-hybridized carbons (Fsp3) is 0.217. The lowest BCUT2D eigenvalue weighted by molar-refractivity contribution is -0.133. The molecule has 0 N–H and O–H groups in total. The number of ether oxygens (including phenoxy) is 2. The highest BCUT2D eigenvalue weighted by atomic mass is 16.5. The minimum atomic E-state index is -0.151. The highest BCUT2D eigenvalue weighted by Crippen LogP contribution is 2.30. The van der Waals surface area contributed by atoms with Crippen LogP contribution < -0.4 is 9.47 Å². The first-order valence-corrected chi connectivity index (χ1v) is 10.0. The van der Waals surface area contributed by atoms with Crippen LogP contribution in [0.2, 0.25) is 0 Å². The lowest BCUT2D eigenvalue weighted by Crippen LogP contribution is -2.33. The van der Waals surface area contributed by atoms with Gasteiger partial charge in [0.2, 0.25) is 11.7 Å². The van der Waals surface area contributed by atoms with Gasteiger partial charge in [0.05, 0.1) is 27.0 Å². The zero-order valence-corrected chi connectivity index (χ0v) is 17.8. The molecule has 0 fully saturated rings.